The highest BCUT2D eigenvalue weighted by Gasteiger charge is 2.32. The van der Waals surface area contributed by atoms with Crippen LogP contribution in [0.1, 0.15) is 30.0 Å². The smallest absolute Gasteiger partial charge is 0.307 e. The second-order valence-corrected chi connectivity index (χ2v) is 7.27. The number of piperidine rings is 1. The molecule has 1 aliphatic rings. The lowest BCUT2D eigenvalue weighted by molar-refractivity contribution is -0.143. The third kappa shape index (κ3) is 3.58. The summed E-state index contributed by atoms with van der Waals surface area (Å²) in [5.41, 5.74) is 3.23. The Morgan fingerprint density at radius 2 is 1.96 bits per heavy atom. The minimum Gasteiger partial charge on any atom is -0.497 e. The first-order valence-electron chi connectivity index (χ1n) is 9.62. The standard InChI is InChI=1S/C23H24N2O3/c1-28-18-10-8-16(9-11-18)22(25-14-4-5-17(15-25)23(26)27)20-12-13-24-21-7-3-2-6-19(20)21/h2-3,6-13,17,22H,4-5,14-15H2,1H3,(H,26,27). The van der Waals surface area contributed by atoms with Gasteiger partial charge in [-0.2, -0.15) is 0 Å². The lowest BCUT2D eigenvalue weighted by atomic mass is 9.90. The minimum absolute atomic E-state index is 0.0269. The van der Waals surface area contributed by atoms with E-state index >= 15 is 0 Å². The number of nitrogens with zero attached hydrogens (tertiary/aromatic N) is 2. The highest BCUT2D eigenvalue weighted by atomic mass is 16.5. The van der Waals surface area contributed by atoms with Crippen molar-refractivity contribution in [2.45, 2.75) is 18.9 Å². The van der Waals surface area contributed by atoms with Crippen molar-refractivity contribution < 1.29 is 14.6 Å². The molecule has 1 saturated heterocycles. The maximum atomic E-state index is 11.6. The Balaban J connectivity index is 1.82. The second kappa shape index (κ2) is 7.98. The average molecular weight is 376 g/mol. The van der Waals surface area contributed by atoms with E-state index in [1.54, 1.807) is 7.11 Å². The molecule has 5 heteroatoms. The van der Waals surface area contributed by atoms with Crippen LogP contribution in [0.3, 0.4) is 0 Å². The molecule has 0 saturated carbocycles. The number of hydrogen-bond acceptors (Lipinski definition) is 4. The highest BCUT2D eigenvalue weighted by molar-refractivity contribution is 5.83. The molecule has 1 N–H and O–H groups in total. The van der Waals surface area contributed by atoms with E-state index in [9.17, 15) is 9.90 Å². The van der Waals surface area contributed by atoms with Gasteiger partial charge in [-0.05, 0) is 54.8 Å². The van der Waals surface area contributed by atoms with E-state index in [4.69, 9.17) is 4.74 Å². The van der Waals surface area contributed by atoms with Gasteiger partial charge in [0, 0.05) is 18.1 Å². The monoisotopic (exact) mass is 376 g/mol. The Bertz CT molecular complexity index is 966. The van der Waals surface area contributed by atoms with Crippen molar-refractivity contribution in [3.8, 4) is 5.75 Å². The van der Waals surface area contributed by atoms with E-state index in [2.05, 4.69) is 34.1 Å². The largest absolute Gasteiger partial charge is 0.497 e. The number of aliphatic carboxylic acids is 1. The van der Waals surface area contributed by atoms with Crippen LogP contribution in [0, 0.1) is 5.92 Å². The third-order valence-corrected chi connectivity index (χ3v) is 5.58. The van der Waals surface area contributed by atoms with Crippen LogP contribution in [0.5, 0.6) is 5.75 Å². The van der Waals surface area contributed by atoms with Gasteiger partial charge in [0.05, 0.1) is 24.6 Å². The number of carbonyl (C=O) groups is 1. The lowest BCUT2D eigenvalue weighted by Gasteiger charge is -2.38. The zero-order valence-electron chi connectivity index (χ0n) is 15.9. The number of methoxy groups -OCH3 is 1. The number of likely N-dealkylation sites (tertiary alicyclic amines) is 1. The molecule has 1 aliphatic heterocycles. The molecule has 0 aliphatic carbocycles. The lowest BCUT2D eigenvalue weighted by Crippen LogP contribution is -2.41. The van der Waals surface area contributed by atoms with Gasteiger partial charge in [-0.3, -0.25) is 14.7 Å². The number of ether oxygens (including phenoxy) is 1. The van der Waals surface area contributed by atoms with Gasteiger partial charge in [0.2, 0.25) is 0 Å². The van der Waals surface area contributed by atoms with Gasteiger partial charge in [0.15, 0.2) is 0 Å². The number of rotatable bonds is 5. The fourth-order valence-corrected chi connectivity index (χ4v) is 4.17. The summed E-state index contributed by atoms with van der Waals surface area (Å²) in [6, 6.07) is 18.2. The van der Waals surface area contributed by atoms with Gasteiger partial charge in [-0.1, -0.05) is 30.3 Å². The van der Waals surface area contributed by atoms with Gasteiger partial charge in [0.1, 0.15) is 5.75 Å². The van der Waals surface area contributed by atoms with E-state index < -0.39 is 5.97 Å². The molecule has 0 bridgehead atoms. The van der Waals surface area contributed by atoms with E-state index in [1.807, 2.05) is 36.5 Å². The maximum Gasteiger partial charge on any atom is 0.307 e. The molecular formula is C23H24N2O3. The zero-order chi connectivity index (χ0) is 19.5. The quantitative estimate of drug-likeness (QED) is 0.725. The number of carboxylic acids is 1. The Morgan fingerprint density at radius 3 is 2.71 bits per heavy atom. The van der Waals surface area contributed by atoms with Gasteiger partial charge >= 0.3 is 5.97 Å². The Morgan fingerprint density at radius 1 is 1.18 bits per heavy atom. The van der Waals surface area contributed by atoms with E-state index in [1.165, 1.54) is 0 Å². The topological polar surface area (TPSA) is 62.7 Å². The van der Waals surface area contributed by atoms with Crippen molar-refractivity contribution in [3.63, 3.8) is 0 Å². The molecule has 3 aromatic rings. The van der Waals surface area contributed by atoms with Crippen molar-refractivity contribution >= 4 is 16.9 Å². The fourth-order valence-electron chi connectivity index (χ4n) is 4.17. The van der Waals surface area contributed by atoms with Crippen LogP contribution in [0.25, 0.3) is 10.9 Å². The average Bonchev–Trinajstić information content (AvgIpc) is 2.75. The molecule has 1 fully saturated rings. The molecule has 4 rings (SSSR count). The summed E-state index contributed by atoms with van der Waals surface area (Å²) < 4.78 is 5.32. The predicted octanol–water partition coefficient (Wildman–Crippen LogP) is 4.13. The van der Waals surface area contributed by atoms with Crippen molar-refractivity contribution in [1.29, 1.82) is 0 Å². The van der Waals surface area contributed by atoms with Crippen LogP contribution in [-0.2, 0) is 4.79 Å². The molecule has 0 amide bonds. The molecular weight excluding hydrogens is 352 g/mol. The van der Waals surface area contributed by atoms with E-state index in [0.717, 1.165) is 47.2 Å². The number of carboxylic acid groups (broad SMARTS) is 1. The first-order chi connectivity index (χ1) is 13.7. The predicted molar refractivity (Wildman–Crippen MR) is 109 cm³/mol. The number of aromatic nitrogens is 1. The number of para-hydroxylation sites is 1. The molecule has 2 atom stereocenters. The zero-order valence-corrected chi connectivity index (χ0v) is 15.9. The first kappa shape index (κ1) is 18.4. The molecule has 2 unspecified atom stereocenters. The molecule has 0 radical (unpaired) electrons. The van der Waals surface area contributed by atoms with E-state index in [0.29, 0.717) is 6.54 Å². The number of pyridine rings is 1. The van der Waals surface area contributed by atoms with Crippen LogP contribution in [0.2, 0.25) is 0 Å². The van der Waals surface area contributed by atoms with Crippen LogP contribution in [-0.4, -0.2) is 41.2 Å². The van der Waals surface area contributed by atoms with Gasteiger partial charge < -0.3 is 9.84 Å². The SMILES string of the molecule is COc1ccc(C(c2ccnc3ccccc23)N2CCCC(C(=O)O)C2)cc1. The number of benzene rings is 2. The third-order valence-electron chi connectivity index (χ3n) is 5.58. The van der Waals surface area contributed by atoms with Gasteiger partial charge in [0.25, 0.3) is 0 Å². The molecule has 5 nitrogen and oxygen atoms in total. The number of fused-ring (bicyclic) bond motifs is 1. The molecule has 144 valence electrons. The van der Waals surface area contributed by atoms with Crippen LogP contribution in [0.4, 0.5) is 0 Å². The summed E-state index contributed by atoms with van der Waals surface area (Å²) in [5, 5.41) is 10.7. The Hall–Kier alpha value is -2.92. The molecule has 28 heavy (non-hydrogen) atoms. The summed E-state index contributed by atoms with van der Waals surface area (Å²) in [5.74, 6) is -0.232. The second-order valence-electron chi connectivity index (χ2n) is 7.27. The molecule has 0 spiro atoms. The molecule has 1 aromatic heterocycles. The summed E-state index contributed by atoms with van der Waals surface area (Å²) >= 11 is 0. The minimum atomic E-state index is -0.710. The summed E-state index contributed by atoms with van der Waals surface area (Å²) in [7, 11) is 1.66. The summed E-state index contributed by atoms with van der Waals surface area (Å²) in [6.07, 6.45) is 3.46. The van der Waals surface area contributed by atoms with Crippen molar-refractivity contribution in [1.82, 2.24) is 9.88 Å². The van der Waals surface area contributed by atoms with Crippen LogP contribution in [0.15, 0.2) is 60.8 Å². The van der Waals surface area contributed by atoms with Gasteiger partial charge in [-0.15, -0.1) is 0 Å². The highest BCUT2D eigenvalue weighted by Crippen LogP contribution is 2.36. The number of hydrogen-bond donors (Lipinski definition) is 1. The van der Waals surface area contributed by atoms with Crippen molar-refractivity contribution in [2.75, 3.05) is 20.2 Å². The van der Waals surface area contributed by atoms with E-state index in [-0.39, 0.29) is 12.0 Å². The Labute approximate surface area is 164 Å². The van der Waals surface area contributed by atoms with Gasteiger partial charge in [-0.25, -0.2) is 0 Å². The summed E-state index contributed by atoms with van der Waals surface area (Å²) in [6.45, 7) is 1.42. The maximum absolute atomic E-state index is 11.6. The fraction of sp³-hybridized carbons (Fsp3) is 0.304. The normalized spacial score (nSPS) is 18.7. The van der Waals surface area contributed by atoms with Crippen LogP contribution >= 0.6 is 0 Å². The van der Waals surface area contributed by atoms with Crippen molar-refractivity contribution in [3.05, 3.63) is 71.9 Å². The Kier molecular flexibility index (Phi) is 5.26. The first-order valence-corrected chi connectivity index (χ1v) is 9.62. The molecule has 2 aromatic carbocycles. The van der Waals surface area contributed by atoms with Crippen LogP contribution < -0.4 is 4.74 Å². The summed E-state index contributed by atoms with van der Waals surface area (Å²) in [4.78, 5) is 18.4. The van der Waals surface area contributed by atoms with Crippen molar-refractivity contribution in [2.24, 2.45) is 5.92 Å². The molecule has 2 heterocycles.